The fourth-order valence-electron chi connectivity index (χ4n) is 1.48. The van der Waals surface area contributed by atoms with Crippen LogP contribution in [0.4, 0.5) is 4.39 Å². The van der Waals surface area contributed by atoms with Crippen molar-refractivity contribution in [1.82, 2.24) is 9.97 Å². The van der Waals surface area contributed by atoms with Gasteiger partial charge >= 0.3 is 6.01 Å². The van der Waals surface area contributed by atoms with E-state index in [0.29, 0.717) is 16.7 Å². The molecule has 2 rings (SSSR count). The highest BCUT2D eigenvalue weighted by molar-refractivity contribution is 5.62. The minimum atomic E-state index is -0.401. The molecular weight excluding hydrogens is 247 g/mol. The molecule has 0 fully saturated rings. The van der Waals surface area contributed by atoms with Gasteiger partial charge in [0.1, 0.15) is 5.82 Å². The molecule has 2 aromatic rings. The number of hydrogen-bond donors (Lipinski definition) is 1. The molecule has 0 spiro atoms. The molecule has 0 atom stereocenters. The molecule has 4 nitrogen and oxygen atoms in total. The van der Waals surface area contributed by atoms with Crippen molar-refractivity contribution in [1.29, 1.82) is 0 Å². The van der Waals surface area contributed by atoms with Crippen LogP contribution in [-0.4, -0.2) is 22.2 Å². The Morgan fingerprint density at radius 3 is 2.26 bits per heavy atom. The van der Waals surface area contributed by atoms with Gasteiger partial charge in [-0.25, -0.2) is 14.4 Å². The summed E-state index contributed by atoms with van der Waals surface area (Å²) in [5.41, 5.74) is 1.80. The van der Waals surface area contributed by atoms with Gasteiger partial charge in [-0.05, 0) is 29.3 Å². The van der Waals surface area contributed by atoms with E-state index in [1.807, 2.05) is 13.8 Å². The van der Waals surface area contributed by atoms with Gasteiger partial charge in [0.2, 0.25) is 0 Å². The SMILES string of the molecule is CC.COc1ncc(-c2cc(F)cc(CO)c2)cn1. The number of benzene rings is 1. The summed E-state index contributed by atoms with van der Waals surface area (Å²) < 4.78 is 18.1. The molecule has 0 aliphatic heterocycles. The molecule has 1 heterocycles. The van der Waals surface area contributed by atoms with Gasteiger partial charge in [0.25, 0.3) is 0 Å². The van der Waals surface area contributed by atoms with Gasteiger partial charge in [0.05, 0.1) is 13.7 Å². The van der Waals surface area contributed by atoms with E-state index in [1.165, 1.54) is 19.2 Å². The molecule has 5 heteroatoms. The van der Waals surface area contributed by atoms with Gasteiger partial charge in [-0.15, -0.1) is 0 Å². The van der Waals surface area contributed by atoms with E-state index in [4.69, 9.17) is 9.84 Å². The molecular formula is C14H17FN2O2. The average Bonchev–Trinajstić information content (AvgIpc) is 2.48. The van der Waals surface area contributed by atoms with E-state index >= 15 is 0 Å². The molecule has 19 heavy (non-hydrogen) atoms. The minimum Gasteiger partial charge on any atom is -0.467 e. The zero-order valence-electron chi connectivity index (χ0n) is 11.2. The summed E-state index contributed by atoms with van der Waals surface area (Å²) in [5, 5.41) is 9.00. The summed E-state index contributed by atoms with van der Waals surface area (Å²) in [7, 11) is 1.47. The summed E-state index contributed by atoms with van der Waals surface area (Å²) in [4.78, 5) is 7.88. The topological polar surface area (TPSA) is 55.2 Å². The number of rotatable bonds is 3. The van der Waals surface area contributed by atoms with E-state index in [2.05, 4.69) is 9.97 Å². The van der Waals surface area contributed by atoms with Crippen molar-refractivity contribution in [2.24, 2.45) is 0 Å². The first-order valence-electron chi connectivity index (χ1n) is 5.99. The summed E-state index contributed by atoms with van der Waals surface area (Å²) >= 11 is 0. The van der Waals surface area contributed by atoms with Crippen LogP contribution in [0, 0.1) is 5.82 Å². The minimum absolute atomic E-state index is 0.207. The van der Waals surface area contributed by atoms with Gasteiger partial charge in [-0.2, -0.15) is 0 Å². The standard InChI is InChI=1S/C12H11FN2O2.C2H6/c1-17-12-14-5-10(6-15-12)9-2-8(7-16)3-11(13)4-9;1-2/h2-6,16H,7H2,1H3;1-2H3. The third-order valence-corrected chi connectivity index (χ3v) is 2.28. The van der Waals surface area contributed by atoms with Crippen molar-refractivity contribution in [3.05, 3.63) is 42.0 Å². The predicted octanol–water partition coefficient (Wildman–Crippen LogP) is 2.81. The molecule has 0 aliphatic rings. The predicted molar refractivity (Wildman–Crippen MR) is 71.2 cm³/mol. The molecule has 1 N–H and O–H groups in total. The highest BCUT2D eigenvalue weighted by atomic mass is 19.1. The third kappa shape index (κ3) is 3.99. The van der Waals surface area contributed by atoms with E-state index in [0.717, 1.165) is 0 Å². The number of aliphatic hydroxyl groups excluding tert-OH is 1. The van der Waals surface area contributed by atoms with Crippen molar-refractivity contribution >= 4 is 0 Å². The second-order valence-corrected chi connectivity index (χ2v) is 3.46. The Balaban J connectivity index is 0.000000861. The van der Waals surface area contributed by atoms with Crippen molar-refractivity contribution in [3.8, 4) is 17.1 Å². The van der Waals surface area contributed by atoms with Crippen molar-refractivity contribution in [2.45, 2.75) is 20.5 Å². The zero-order valence-corrected chi connectivity index (χ0v) is 11.2. The number of hydrogen-bond acceptors (Lipinski definition) is 4. The third-order valence-electron chi connectivity index (χ3n) is 2.28. The molecule has 1 aromatic heterocycles. The van der Waals surface area contributed by atoms with Crippen molar-refractivity contribution in [3.63, 3.8) is 0 Å². The zero-order chi connectivity index (χ0) is 14.3. The monoisotopic (exact) mass is 264 g/mol. The molecule has 0 bridgehead atoms. The Kier molecular flexibility index (Phi) is 5.89. The van der Waals surface area contributed by atoms with Crippen LogP contribution in [0.1, 0.15) is 19.4 Å². The van der Waals surface area contributed by atoms with E-state index in [-0.39, 0.29) is 12.6 Å². The second kappa shape index (κ2) is 7.43. The molecule has 0 saturated carbocycles. The smallest absolute Gasteiger partial charge is 0.316 e. The van der Waals surface area contributed by atoms with Crippen LogP contribution in [0.5, 0.6) is 6.01 Å². The lowest BCUT2D eigenvalue weighted by atomic mass is 10.1. The molecule has 0 unspecified atom stereocenters. The number of nitrogens with zero attached hydrogens (tertiary/aromatic N) is 2. The lowest BCUT2D eigenvalue weighted by Gasteiger charge is -2.04. The maximum absolute atomic E-state index is 13.3. The number of aliphatic hydroxyl groups is 1. The van der Waals surface area contributed by atoms with Crippen LogP contribution < -0.4 is 4.74 Å². The van der Waals surface area contributed by atoms with Crippen molar-refractivity contribution in [2.75, 3.05) is 7.11 Å². The van der Waals surface area contributed by atoms with Crippen LogP contribution in [0.2, 0.25) is 0 Å². The van der Waals surface area contributed by atoms with Crippen molar-refractivity contribution < 1.29 is 14.2 Å². The first-order chi connectivity index (χ1) is 9.22. The first-order valence-corrected chi connectivity index (χ1v) is 5.99. The molecule has 1 aromatic carbocycles. The number of halogens is 1. The van der Waals surface area contributed by atoms with Crippen LogP contribution in [0.15, 0.2) is 30.6 Å². The summed E-state index contributed by atoms with van der Waals surface area (Å²) in [6.45, 7) is 3.79. The summed E-state index contributed by atoms with van der Waals surface area (Å²) in [5.74, 6) is -0.401. The summed E-state index contributed by atoms with van der Waals surface area (Å²) in [6.07, 6.45) is 3.09. The fraction of sp³-hybridized carbons (Fsp3) is 0.286. The molecule has 0 amide bonds. The maximum atomic E-state index is 13.3. The highest BCUT2D eigenvalue weighted by Gasteiger charge is 2.04. The Hall–Kier alpha value is -2.01. The molecule has 102 valence electrons. The van der Waals surface area contributed by atoms with Crippen LogP contribution in [-0.2, 0) is 6.61 Å². The summed E-state index contributed by atoms with van der Waals surface area (Å²) in [6, 6.07) is 4.60. The molecule has 0 radical (unpaired) electrons. The number of aromatic nitrogens is 2. The van der Waals surface area contributed by atoms with E-state index in [1.54, 1.807) is 18.5 Å². The Bertz CT molecular complexity index is 515. The fourth-order valence-corrected chi connectivity index (χ4v) is 1.48. The Morgan fingerprint density at radius 1 is 1.11 bits per heavy atom. The highest BCUT2D eigenvalue weighted by Crippen LogP contribution is 2.21. The largest absolute Gasteiger partial charge is 0.467 e. The number of methoxy groups -OCH3 is 1. The lowest BCUT2D eigenvalue weighted by Crippen LogP contribution is -1.93. The lowest BCUT2D eigenvalue weighted by molar-refractivity contribution is 0.281. The average molecular weight is 264 g/mol. The van der Waals surface area contributed by atoms with Gasteiger partial charge in [-0.1, -0.05) is 13.8 Å². The van der Waals surface area contributed by atoms with Crippen LogP contribution >= 0.6 is 0 Å². The first kappa shape index (κ1) is 15.0. The van der Waals surface area contributed by atoms with Gasteiger partial charge in [-0.3, -0.25) is 0 Å². The quantitative estimate of drug-likeness (QED) is 0.926. The van der Waals surface area contributed by atoms with Gasteiger partial charge < -0.3 is 9.84 Å². The molecule has 0 aliphatic carbocycles. The van der Waals surface area contributed by atoms with E-state index < -0.39 is 5.82 Å². The van der Waals surface area contributed by atoms with E-state index in [9.17, 15) is 4.39 Å². The normalized spacial score (nSPS) is 9.53. The van der Waals surface area contributed by atoms with Crippen LogP contribution in [0.3, 0.4) is 0 Å². The van der Waals surface area contributed by atoms with Crippen LogP contribution in [0.25, 0.3) is 11.1 Å². The second-order valence-electron chi connectivity index (χ2n) is 3.46. The number of ether oxygens (including phenoxy) is 1. The maximum Gasteiger partial charge on any atom is 0.316 e. The Labute approximate surface area is 111 Å². The molecule has 0 saturated heterocycles. The van der Waals surface area contributed by atoms with Gasteiger partial charge in [0, 0.05) is 18.0 Å². The Morgan fingerprint density at radius 2 is 1.74 bits per heavy atom. The van der Waals surface area contributed by atoms with Gasteiger partial charge in [0.15, 0.2) is 0 Å².